The number of hydroxylamine groups is 1. The van der Waals surface area contributed by atoms with Crippen molar-refractivity contribution in [2.24, 2.45) is 11.7 Å². The monoisotopic (exact) mass is 371 g/mol. The molecule has 0 spiro atoms. The zero-order valence-corrected chi connectivity index (χ0v) is 14.7. The van der Waals surface area contributed by atoms with Crippen molar-refractivity contribution in [1.82, 2.24) is 5.48 Å². The van der Waals surface area contributed by atoms with E-state index < -0.39 is 29.4 Å². The number of aliphatic hydroxyl groups excluding tert-OH is 1. The molecule has 0 aliphatic rings. The Kier molecular flexibility index (Phi) is 8.31. The van der Waals surface area contributed by atoms with Crippen LogP contribution in [0.2, 0.25) is 5.02 Å². The van der Waals surface area contributed by atoms with E-state index in [0.717, 1.165) is 5.56 Å². The third-order valence-corrected chi connectivity index (χ3v) is 4.27. The van der Waals surface area contributed by atoms with Crippen molar-refractivity contribution in [3.05, 3.63) is 41.3 Å². The van der Waals surface area contributed by atoms with Gasteiger partial charge in [0.25, 0.3) is 0 Å². The molecule has 0 fully saturated rings. The topological polar surface area (TPSA) is 133 Å². The number of halogens is 1. The second kappa shape index (κ2) is 9.72. The van der Waals surface area contributed by atoms with Gasteiger partial charge in [0.1, 0.15) is 5.60 Å². The van der Waals surface area contributed by atoms with Crippen LogP contribution in [0.1, 0.15) is 31.7 Å². The van der Waals surface area contributed by atoms with Crippen LogP contribution in [-0.2, 0) is 16.0 Å². The fourth-order valence-electron chi connectivity index (χ4n) is 2.35. The lowest BCUT2D eigenvalue weighted by Gasteiger charge is -2.23. The molecule has 3 atom stereocenters. The van der Waals surface area contributed by atoms with Crippen LogP contribution in [0.4, 0.5) is 0 Å². The first-order chi connectivity index (χ1) is 11.7. The van der Waals surface area contributed by atoms with Crippen molar-refractivity contribution in [2.75, 3.05) is 0 Å². The summed E-state index contributed by atoms with van der Waals surface area (Å²) < 4.78 is 0. The molecule has 7 nitrogen and oxygen atoms in total. The van der Waals surface area contributed by atoms with Gasteiger partial charge in [-0.05, 0) is 56.7 Å². The molecular weight excluding hydrogens is 348 g/mol. The van der Waals surface area contributed by atoms with Gasteiger partial charge in [-0.3, -0.25) is 14.8 Å². The van der Waals surface area contributed by atoms with E-state index in [1.807, 2.05) is 6.07 Å². The van der Waals surface area contributed by atoms with Crippen molar-refractivity contribution in [2.45, 2.75) is 44.3 Å². The van der Waals surface area contributed by atoms with Crippen LogP contribution in [0, 0.1) is 12.3 Å². The predicted octanol–water partition coefficient (Wildman–Crippen LogP) is 0.976. The first kappa shape index (κ1) is 21.4. The molecule has 1 rings (SSSR count). The van der Waals surface area contributed by atoms with Gasteiger partial charge in [-0.2, -0.15) is 0 Å². The smallest absolute Gasteiger partial charge is 0.249 e. The maximum absolute atomic E-state index is 11.8. The highest BCUT2D eigenvalue weighted by molar-refractivity contribution is 6.30. The molecule has 1 aromatic rings. The molecule has 1 unspecified atom stereocenters. The van der Waals surface area contributed by atoms with Crippen molar-refractivity contribution < 1.29 is 25.0 Å². The summed E-state index contributed by atoms with van der Waals surface area (Å²) in [5.41, 5.74) is 5.77. The minimum absolute atomic E-state index is 0.0296. The lowest BCUT2D eigenvalue weighted by Crippen LogP contribution is -2.42. The summed E-state index contributed by atoms with van der Waals surface area (Å²) in [4.78, 5) is 22.9. The lowest BCUT2D eigenvalue weighted by molar-refractivity contribution is -0.138. The Balaban J connectivity index is 2.58. The van der Waals surface area contributed by atoms with Crippen LogP contribution >= 0.6 is 11.6 Å². The molecule has 0 aliphatic carbocycles. The van der Waals surface area contributed by atoms with Crippen LogP contribution in [0.3, 0.4) is 0 Å². The van der Waals surface area contributed by atoms with E-state index in [2.05, 4.69) is 0 Å². The van der Waals surface area contributed by atoms with E-state index in [1.165, 1.54) is 12.4 Å². The SMILES string of the molecule is CC(O)(CC[C@H](C[C@@H](O)[CH]Cc1cccc(Cl)c1)C(=O)NO)C(N)=O. The average Bonchev–Trinajstić information content (AvgIpc) is 2.56. The molecule has 2 amide bonds. The van der Waals surface area contributed by atoms with E-state index in [9.17, 15) is 19.8 Å². The number of amides is 2. The Morgan fingerprint density at radius 1 is 1.44 bits per heavy atom. The number of carbonyl (C=O) groups is 2. The number of rotatable bonds is 10. The third kappa shape index (κ3) is 7.39. The van der Waals surface area contributed by atoms with Crippen LogP contribution in [-0.4, -0.2) is 38.9 Å². The number of primary amides is 1. The van der Waals surface area contributed by atoms with E-state index in [0.29, 0.717) is 11.4 Å². The van der Waals surface area contributed by atoms with Gasteiger partial charge in [0.15, 0.2) is 0 Å². The van der Waals surface area contributed by atoms with Gasteiger partial charge in [-0.1, -0.05) is 23.7 Å². The lowest BCUT2D eigenvalue weighted by atomic mass is 9.88. The normalized spacial score (nSPS) is 15.9. The summed E-state index contributed by atoms with van der Waals surface area (Å²) in [6.45, 7) is 1.25. The second-order valence-corrected chi connectivity index (χ2v) is 6.66. The number of hydrogen-bond donors (Lipinski definition) is 5. The van der Waals surface area contributed by atoms with Crippen LogP contribution in [0.5, 0.6) is 0 Å². The Morgan fingerprint density at radius 3 is 2.68 bits per heavy atom. The maximum atomic E-state index is 11.8. The Bertz CT molecular complexity index is 594. The van der Waals surface area contributed by atoms with Crippen LogP contribution in [0.15, 0.2) is 24.3 Å². The Morgan fingerprint density at radius 2 is 2.12 bits per heavy atom. The van der Waals surface area contributed by atoms with E-state index >= 15 is 0 Å². The molecule has 0 aromatic heterocycles. The summed E-state index contributed by atoms with van der Waals surface area (Å²) in [6, 6.07) is 7.17. The highest BCUT2D eigenvalue weighted by Gasteiger charge is 2.31. The van der Waals surface area contributed by atoms with E-state index in [-0.39, 0.29) is 19.3 Å². The first-order valence-electron chi connectivity index (χ1n) is 7.87. The maximum Gasteiger partial charge on any atom is 0.249 e. The molecule has 25 heavy (non-hydrogen) atoms. The molecule has 0 bridgehead atoms. The fourth-order valence-corrected chi connectivity index (χ4v) is 2.56. The number of nitrogens with one attached hydrogen (secondary N) is 1. The highest BCUT2D eigenvalue weighted by Crippen LogP contribution is 2.22. The van der Waals surface area contributed by atoms with Crippen molar-refractivity contribution in [1.29, 1.82) is 0 Å². The number of hydrogen-bond acceptors (Lipinski definition) is 5. The zero-order chi connectivity index (χ0) is 19.0. The van der Waals surface area contributed by atoms with Gasteiger partial charge in [0.05, 0.1) is 6.10 Å². The summed E-state index contributed by atoms with van der Waals surface area (Å²) in [5.74, 6) is -2.39. The standard InChI is InChI=1S/C17H24ClN2O5/c1-17(24,16(19)23)8-7-12(15(22)20-25)10-14(21)6-5-11-3-2-4-13(18)9-11/h2-4,6,9,12,14,21,24-25H,5,7-8,10H2,1H3,(H2,19,23)(H,20,22)/t12-,14+,17?/m1/s1. The van der Waals surface area contributed by atoms with Gasteiger partial charge >= 0.3 is 0 Å². The highest BCUT2D eigenvalue weighted by atomic mass is 35.5. The minimum atomic E-state index is -1.76. The van der Waals surface area contributed by atoms with Crippen molar-refractivity contribution >= 4 is 23.4 Å². The number of aliphatic hydroxyl groups is 2. The van der Waals surface area contributed by atoms with Crippen LogP contribution < -0.4 is 11.2 Å². The largest absolute Gasteiger partial charge is 0.393 e. The van der Waals surface area contributed by atoms with Gasteiger partial charge in [0.2, 0.25) is 11.8 Å². The molecule has 6 N–H and O–H groups in total. The van der Waals surface area contributed by atoms with Gasteiger partial charge < -0.3 is 15.9 Å². The van der Waals surface area contributed by atoms with Crippen molar-refractivity contribution in [3.63, 3.8) is 0 Å². The van der Waals surface area contributed by atoms with Crippen LogP contribution in [0.25, 0.3) is 0 Å². The third-order valence-electron chi connectivity index (χ3n) is 4.03. The number of nitrogens with two attached hydrogens (primary N) is 1. The Hall–Kier alpha value is -1.67. The molecule has 0 saturated carbocycles. The van der Waals surface area contributed by atoms with Gasteiger partial charge in [-0.25, -0.2) is 5.48 Å². The summed E-state index contributed by atoms with van der Waals surface area (Å²) in [5, 5.41) is 29.4. The predicted molar refractivity (Wildman–Crippen MR) is 92.6 cm³/mol. The second-order valence-electron chi connectivity index (χ2n) is 6.22. The Labute approximate surface area is 151 Å². The molecule has 139 valence electrons. The van der Waals surface area contributed by atoms with E-state index in [1.54, 1.807) is 24.6 Å². The summed E-state index contributed by atoms with van der Waals surface area (Å²) >= 11 is 5.90. The molecule has 8 heteroatoms. The molecule has 1 radical (unpaired) electrons. The fraction of sp³-hybridized carbons (Fsp3) is 0.471. The number of carbonyl (C=O) groups excluding carboxylic acids is 2. The minimum Gasteiger partial charge on any atom is -0.393 e. The van der Waals surface area contributed by atoms with Gasteiger partial charge in [0, 0.05) is 10.9 Å². The first-order valence-corrected chi connectivity index (χ1v) is 8.25. The molecule has 1 aromatic carbocycles. The summed E-state index contributed by atoms with van der Waals surface area (Å²) in [7, 11) is 0. The molecule has 0 aliphatic heterocycles. The van der Waals surface area contributed by atoms with E-state index in [4.69, 9.17) is 22.5 Å². The zero-order valence-electron chi connectivity index (χ0n) is 14.0. The average molecular weight is 372 g/mol. The molecular formula is C17H24ClN2O5. The van der Waals surface area contributed by atoms with Crippen molar-refractivity contribution in [3.8, 4) is 0 Å². The van der Waals surface area contributed by atoms with Gasteiger partial charge in [-0.15, -0.1) is 0 Å². The summed E-state index contributed by atoms with van der Waals surface area (Å²) in [6.07, 6.45) is 1.19. The molecule has 0 saturated heterocycles. The number of benzene rings is 1. The molecule has 0 heterocycles. The quantitative estimate of drug-likeness (QED) is 0.309.